The summed E-state index contributed by atoms with van der Waals surface area (Å²) >= 11 is 0. The summed E-state index contributed by atoms with van der Waals surface area (Å²) in [6, 6.07) is 19.2. The molecular formula is C37H52N4O4. The number of nitrogens with zero attached hydrogens (tertiary/aromatic N) is 3. The highest BCUT2D eigenvalue weighted by Gasteiger charge is 2.40. The van der Waals surface area contributed by atoms with Crippen molar-refractivity contribution in [2.24, 2.45) is 10.8 Å². The molecule has 4 aliphatic rings. The topological polar surface area (TPSA) is 82.2 Å². The fourth-order valence-electron chi connectivity index (χ4n) is 7.34. The smallest absolute Gasteiger partial charge is 0.410 e. The van der Waals surface area contributed by atoms with Crippen LogP contribution in [0.3, 0.4) is 0 Å². The lowest BCUT2D eigenvalue weighted by molar-refractivity contribution is -0.00115. The van der Waals surface area contributed by atoms with E-state index < -0.39 is 5.60 Å². The second kappa shape index (κ2) is 14.4. The number of benzene rings is 2. The fraction of sp³-hybridized carbons (Fsp3) is 0.595. The van der Waals surface area contributed by atoms with Gasteiger partial charge in [0.15, 0.2) is 0 Å². The molecule has 4 heterocycles. The van der Waals surface area contributed by atoms with Crippen LogP contribution in [0.1, 0.15) is 92.9 Å². The van der Waals surface area contributed by atoms with Crippen LogP contribution in [0.2, 0.25) is 0 Å². The van der Waals surface area contributed by atoms with E-state index in [0.29, 0.717) is 5.41 Å². The van der Waals surface area contributed by atoms with Gasteiger partial charge in [0.2, 0.25) is 0 Å². The molecule has 0 bridgehead atoms. The monoisotopic (exact) mass is 616 g/mol. The molecule has 2 aromatic carbocycles. The highest BCUT2D eigenvalue weighted by Crippen LogP contribution is 2.42. The first-order valence-electron chi connectivity index (χ1n) is 16.9. The summed E-state index contributed by atoms with van der Waals surface area (Å²) in [5.74, 6) is 0.330. The minimum absolute atomic E-state index is 0.131. The number of carbonyl (C=O) groups is 3. The summed E-state index contributed by atoms with van der Waals surface area (Å²) in [7, 11) is 0. The molecule has 0 aromatic heterocycles. The molecule has 2 spiro atoms. The predicted molar refractivity (Wildman–Crippen MR) is 177 cm³/mol. The minimum Gasteiger partial charge on any atom is -0.444 e. The van der Waals surface area contributed by atoms with E-state index in [1.54, 1.807) is 0 Å². The lowest BCUT2D eigenvalue weighted by Gasteiger charge is -2.46. The molecular weight excluding hydrogens is 564 g/mol. The maximum absolute atomic E-state index is 12.6. The van der Waals surface area contributed by atoms with Gasteiger partial charge in [-0.1, -0.05) is 36.4 Å². The summed E-state index contributed by atoms with van der Waals surface area (Å²) in [5, 5.41) is 3.44. The number of likely N-dealkylation sites (tertiary alicyclic amines) is 3. The zero-order valence-electron chi connectivity index (χ0n) is 27.6. The molecule has 4 fully saturated rings. The van der Waals surface area contributed by atoms with Gasteiger partial charge < -0.3 is 24.8 Å². The summed E-state index contributed by atoms with van der Waals surface area (Å²) in [5.41, 5.74) is 1.92. The number of ether oxygens (including phenoxy) is 1. The van der Waals surface area contributed by atoms with E-state index in [2.05, 4.69) is 5.32 Å². The van der Waals surface area contributed by atoms with Crippen molar-refractivity contribution in [3.63, 3.8) is 0 Å². The third-order valence-electron chi connectivity index (χ3n) is 10.4. The van der Waals surface area contributed by atoms with E-state index in [9.17, 15) is 14.4 Å². The number of amides is 3. The Labute approximate surface area is 269 Å². The summed E-state index contributed by atoms with van der Waals surface area (Å²) in [6.07, 6.45) is 8.74. The van der Waals surface area contributed by atoms with Gasteiger partial charge in [-0.05, 0) is 120 Å². The summed E-state index contributed by atoms with van der Waals surface area (Å²) in [4.78, 5) is 43.1. The first-order chi connectivity index (χ1) is 21.6. The molecule has 8 nitrogen and oxygen atoms in total. The average Bonchev–Trinajstić information content (AvgIpc) is 3.06. The Bertz CT molecular complexity index is 1260. The summed E-state index contributed by atoms with van der Waals surface area (Å²) in [6.45, 7) is 12.9. The van der Waals surface area contributed by atoms with Crippen LogP contribution in [0.4, 0.5) is 4.79 Å². The van der Waals surface area contributed by atoms with Gasteiger partial charge in [0.1, 0.15) is 5.60 Å². The van der Waals surface area contributed by atoms with Gasteiger partial charge in [0, 0.05) is 50.4 Å². The Hall–Kier alpha value is -3.39. The number of nitrogens with one attached hydrogen (secondary N) is 1. The highest BCUT2D eigenvalue weighted by atomic mass is 16.6. The maximum atomic E-state index is 12.6. The second-order valence-electron chi connectivity index (χ2n) is 14.5. The SMILES string of the molecule is CC(C)(C)OC(=O)N1CCC2(CC1)CCN(C(=O)c1ccccc1)CC2.O=C(c1ccccc1)N1CCC2(CCNCC2)CC1. The van der Waals surface area contributed by atoms with E-state index in [1.807, 2.05) is 96.1 Å². The number of rotatable bonds is 2. The largest absolute Gasteiger partial charge is 0.444 e. The second-order valence-corrected chi connectivity index (χ2v) is 14.5. The van der Waals surface area contributed by atoms with Gasteiger partial charge in [-0.25, -0.2) is 4.79 Å². The van der Waals surface area contributed by atoms with Gasteiger partial charge in [0.05, 0.1) is 0 Å². The molecule has 0 atom stereocenters. The van der Waals surface area contributed by atoms with E-state index in [-0.39, 0.29) is 23.3 Å². The van der Waals surface area contributed by atoms with E-state index in [4.69, 9.17) is 4.74 Å². The van der Waals surface area contributed by atoms with Gasteiger partial charge in [-0.3, -0.25) is 9.59 Å². The van der Waals surface area contributed by atoms with Crippen LogP contribution in [0, 0.1) is 10.8 Å². The standard InChI is InChI=1S/C21H30N2O3.C16H22N2O/c1-20(2,3)26-19(25)23-15-11-21(12-16-23)9-13-22(14-10-21)18(24)17-7-5-4-6-8-17;19-15(14-4-2-1-3-5-14)18-12-8-16(9-13-18)6-10-17-11-7-16/h4-8H,9-16H2,1-3H3;1-5,17H,6-13H2. The Morgan fingerprint density at radius 2 is 0.933 bits per heavy atom. The van der Waals surface area contributed by atoms with Crippen LogP contribution in [0.15, 0.2) is 60.7 Å². The first-order valence-corrected chi connectivity index (χ1v) is 16.9. The Kier molecular flexibility index (Phi) is 10.5. The molecule has 4 saturated heterocycles. The molecule has 3 amide bonds. The van der Waals surface area contributed by atoms with Gasteiger partial charge in [0.25, 0.3) is 11.8 Å². The van der Waals surface area contributed by atoms with Crippen molar-refractivity contribution in [3.8, 4) is 0 Å². The average molecular weight is 617 g/mol. The quantitative estimate of drug-likeness (QED) is 0.433. The maximum Gasteiger partial charge on any atom is 0.410 e. The molecule has 2 aromatic rings. The van der Waals surface area contributed by atoms with Crippen LogP contribution in [0.5, 0.6) is 0 Å². The van der Waals surface area contributed by atoms with Gasteiger partial charge in [-0.2, -0.15) is 0 Å². The molecule has 6 rings (SSSR count). The predicted octanol–water partition coefficient (Wildman–Crippen LogP) is 6.23. The van der Waals surface area contributed by atoms with Gasteiger partial charge in [-0.15, -0.1) is 0 Å². The first kappa shape index (κ1) is 33.0. The van der Waals surface area contributed by atoms with Crippen molar-refractivity contribution in [3.05, 3.63) is 71.8 Å². The van der Waals surface area contributed by atoms with Crippen LogP contribution in [-0.2, 0) is 4.74 Å². The van der Waals surface area contributed by atoms with E-state index >= 15 is 0 Å². The molecule has 0 radical (unpaired) electrons. The lowest BCUT2D eigenvalue weighted by atomic mass is 9.71. The van der Waals surface area contributed by atoms with E-state index in [1.165, 1.54) is 25.7 Å². The van der Waals surface area contributed by atoms with Crippen LogP contribution in [0.25, 0.3) is 0 Å². The van der Waals surface area contributed by atoms with Gasteiger partial charge >= 0.3 is 6.09 Å². The molecule has 45 heavy (non-hydrogen) atoms. The molecule has 0 unspecified atom stereocenters. The third kappa shape index (κ3) is 8.66. The molecule has 0 aliphatic carbocycles. The molecule has 0 saturated carbocycles. The van der Waals surface area contributed by atoms with Crippen molar-refractivity contribution < 1.29 is 19.1 Å². The van der Waals surface area contributed by atoms with Crippen molar-refractivity contribution in [2.75, 3.05) is 52.4 Å². The third-order valence-corrected chi connectivity index (χ3v) is 10.4. The Morgan fingerprint density at radius 1 is 0.578 bits per heavy atom. The molecule has 4 aliphatic heterocycles. The lowest BCUT2D eigenvalue weighted by Crippen LogP contribution is -2.50. The van der Waals surface area contributed by atoms with Crippen molar-refractivity contribution >= 4 is 17.9 Å². The summed E-state index contributed by atoms with van der Waals surface area (Å²) < 4.78 is 5.48. The fourth-order valence-corrected chi connectivity index (χ4v) is 7.34. The number of hydrogen-bond acceptors (Lipinski definition) is 5. The molecule has 1 N–H and O–H groups in total. The molecule has 8 heteroatoms. The van der Waals surface area contributed by atoms with Crippen LogP contribution in [-0.4, -0.2) is 90.6 Å². The zero-order chi connectivity index (χ0) is 31.9. The number of piperidine rings is 4. The van der Waals surface area contributed by atoms with E-state index in [0.717, 1.165) is 89.2 Å². The van der Waals surface area contributed by atoms with Crippen LogP contribution < -0.4 is 5.32 Å². The number of carbonyl (C=O) groups excluding carboxylic acids is 3. The van der Waals surface area contributed by atoms with Crippen LogP contribution >= 0.6 is 0 Å². The zero-order valence-corrected chi connectivity index (χ0v) is 27.6. The molecule has 244 valence electrons. The Morgan fingerprint density at radius 3 is 1.31 bits per heavy atom. The normalized spacial score (nSPS) is 21.1. The minimum atomic E-state index is -0.449. The Balaban J connectivity index is 0.000000186. The number of hydrogen-bond donors (Lipinski definition) is 1. The van der Waals surface area contributed by atoms with Crippen molar-refractivity contribution in [1.29, 1.82) is 0 Å². The highest BCUT2D eigenvalue weighted by molar-refractivity contribution is 5.94. The van der Waals surface area contributed by atoms with Crippen molar-refractivity contribution in [2.45, 2.75) is 77.7 Å². The van der Waals surface area contributed by atoms with Crippen molar-refractivity contribution in [1.82, 2.24) is 20.0 Å².